The Morgan fingerprint density at radius 1 is 1.16 bits per heavy atom. The first kappa shape index (κ1) is 27.9. The summed E-state index contributed by atoms with van der Waals surface area (Å²) in [7, 11) is 3.46. The number of alkyl halides is 2. The van der Waals surface area contributed by atoms with Gasteiger partial charge in [0.2, 0.25) is 0 Å². The lowest BCUT2D eigenvalue weighted by Crippen LogP contribution is -2.25. The molecule has 0 fully saturated rings. The van der Waals surface area contributed by atoms with Crippen molar-refractivity contribution in [2.45, 2.75) is 71.3 Å². The SMILES string of the molecule is CCCCCC1=C2Cn3cc(C(=O)NC)c4cc(N5CCCc6cc(-c7cnn(C)c7)c(C(F)F)cc65)cc(c43)C(C)[C]12. The van der Waals surface area contributed by atoms with Crippen molar-refractivity contribution < 1.29 is 13.6 Å². The minimum Gasteiger partial charge on any atom is -0.355 e. The first-order valence-electron chi connectivity index (χ1n) is 15.5. The Morgan fingerprint density at radius 3 is 2.72 bits per heavy atom. The van der Waals surface area contributed by atoms with Crippen molar-refractivity contribution in [3.05, 3.63) is 82.2 Å². The number of allylic oxidation sites excluding steroid dienone is 2. The predicted molar refractivity (Wildman–Crippen MR) is 167 cm³/mol. The highest BCUT2D eigenvalue weighted by atomic mass is 19.3. The lowest BCUT2D eigenvalue weighted by Gasteiger charge is -2.33. The van der Waals surface area contributed by atoms with E-state index in [1.165, 1.54) is 41.9 Å². The number of halogens is 2. The molecule has 1 radical (unpaired) electrons. The van der Waals surface area contributed by atoms with Crippen molar-refractivity contribution in [3.63, 3.8) is 0 Å². The summed E-state index contributed by atoms with van der Waals surface area (Å²) >= 11 is 0. The van der Waals surface area contributed by atoms with E-state index < -0.39 is 6.43 Å². The molecule has 43 heavy (non-hydrogen) atoms. The van der Waals surface area contributed by atoms with E-state index in [0.717, 1.165) is 60.2 Å². The smallest absolute Gasteiger partial charge is 0.264 e. The third kappa shape index (κ3) is 4.57. The second-order valence-corrected chi connectivity index (χ2v) is 12.3. The van der Waals surface area contributed by atoms with Crippen molar-refractivity contribution >= 4 is 28.2 Å². The summed E-state index contributed by atoms with van der Waals surface area (Å²) in [5.41, 5.74) is 9.98. The summed E-state index contributed by atoms with van der Waals surface area (Å²) in [4.78, 5) is 15.3. The molecular formula is C35H38F2N5O. The molecule has 4 aromatic rings. The van der Waals surface area contributed by atoms with Gasteiger partial charge in [-0.15, -0.1) is 0 Å². The standard InChI is InChI=1S/C35H38F2N5O/c1-5-6-7-10-24-29-18-41-19-30(35(43)38-3)27-14-23(13-25(33(27)41)20(2)32(24)29)42-11-8-9-21-12-26(22-16-39-40(4)17-22)28(34(36)37)15-31(21)42/h12-17,19-20,34H,5-11,18H2,1-4H3,(H,38,43). The van der Waals surface area contributed by atoms with E-state index in [4.69, 9.17) is 0 Å². The molecule has 1 atom stereocenters. The lowest BCUT2D eigenvalue weighted by molar-refractivity contribution is 0.0964. The van der Waals surface area contributed by atoms with Crippen LogP contribution in [0.3, 0.4) is 0 Å². The molecule has 0 saturated heterocycles. The predicted octanol–water partition coefficient (Wildman–Crippen LogP) is 8.01. The van der Waals surface area contributed by atoms with Crippen LogP contribution < -0.4 is 10.2 Å². The molecule has 8 heteroatoms. The fourth-order valence-corrected chi connectivity index (χ4v) is 7.45. The molecule has 1 aliphatic carbocycles. The van der Waals surface area contributed by atoms with Gasteiger partial charge in [-0.3, -0.25) is 9.48 Å². The van der Waals surface area contributed by atoms with Gasteiger partial charge >= 0.3 is 0 Å². The highest BCUT2D eigenvalue weighted by Gasteiger charge is 2.44. The fraction of sp³-hybridized carbons (Fsp3) is 0.400. The van der Waals surface area contributed by atoms with Crippen LogP contribution in [0.25, 0.3) is 22.0 Å². The number of nitrogens with one attached hydrogen (secondary N) is 1. The summed E-state index contributed by atoms with van der Waals surface area (Å²) in [5, 5.41) is 7.97. The molecule has 1 unspecified atom stereocenters. The maximum Gasteiger partial charge on any atom is 0.264 e. The molecule has 223 valence electrons. The zero-order valence-corrected chi connectivity index (χ0v) is 25.3. The zero-order valence-electron chi connectivity index (χ0n) is 25.3. The number of aryl methyl sites for hydroxylation is 2. The Bertz CT molecular complexity index is 1780. The van der Waals surface area contributed by atoms with Crippen LogP contribution in [0.15, 0.2) is 54.0 Å². The minimum absolute atomic E-state index is 0.0162. The average Bonchev–Trinajstić information content (AvgIpc) is 3.32. The van der Waals surface area contributed by atoms with Gasteiger partial charge in [-0.2, -0.15) is 5.10 Å². The van der Waals surface area contributed by atoms with E-state index in [1.807, 2.05) is 12.3 Å². The molecule has 0 bridgehead atoms. The Hall–Kier alpha value is -3.94. The molecule has 0 saturated carbocycles. The summed E-state index contributed by atoms with van der Waals surface area (Å²) in [5.74, 6) is 1.56. The van der Waals surface area contributed by atoms with Gasteiger partial charge in [-0.1, -0.05) is 32.3 Å². The first-order chi connectivity index (χ1) is 20.8. The van der Waals surface area contributed by atoms with E-state index in [9.17, 15) is 13.6 Å². The quantitative estimate of drug-likeness (QED) is 0.214. The van der Waals surface area contributed by atoms with Gasteiger partial charge in [-0.25, -0.2) is 8.78 Å². The molecule has 3 aliphatic rings. The molecule has 2 aliphatic heterocycles. The third-order valence-corrected chi connectivity index (χ3v) is 9.60. The summed E-state index contributed by atoms with van der Waals surface area (Å²) in [6.45, 7) is 6.03. The van der Waals surface area contributed by atoms with Gasteiger partial charge in [0.15, 0.2) is 0 Å². The Balaban J connectivity index is 1.36. The Kier molecular flexibility index (Phi) is 6.90. The van der Waals surface area contributed by atoms with E-state index >= 15 is 0 Å². The van der Waals surface area contributed by atoms with Crippen molar-refractivity contribution in [2.75, 3.05) is 18.5 Å². The minimum atomic E-state index is -2.62. The van der Waals surface area contributed by atoms with Gasteiger partial charge in [0.25, 0.3) is 12.3 Å². The number of carbonyl (C=O) groups excluding carboxylic acids is 1. The number of hydrogen-bond acceptors (Lipinski definition) is 3. The molecule has 6 nitrogen and oxygen atoms in total. The number of benzene rings is 2. The van der Waals surface area contributed by atoms with E-state index in [0.29, 0.717) is 16.7 Å². The van der Waals surface area contributed by atoms with Crippen molar-refractivity contribution in [2.24, 2.45) is 7.05 Å². The van der Waals surface area contributed by atoms with Crippen molar-refractivity contribution in [1.29, 1.82) is 0 Å². The monoisotopic (exact) mass is 582 g/mol. The van der Waals surface area contributed by atoms with Gasteiger partial charge in [0, 0.05) is 73.4 Å². The van der Waals surface area contributed by atoms with Gasteiger partial charge in [-0.05, 0) is 78.1 Å². The third-order valence-electron chi connectivity index (χ3n) is 9.60. The second-order valence-electron chi connectivity index (χ2n) is 12.3. The number of rotatable bonds is 8. The Morgan fingerprint density at radius 2 is 2.00 bits per heavy atom. The number of hydrogen-bond donors (Lipinski definition) is 1. The fourth-order valence-electron chi connectivity index (χ4n) is 7.45. The molecule has 1 amide bonds. The van der Waals surface area contributed by atoms with Crippen LogP contribution in [0, 0.1) is 5.92 Å². The van der Waals surface area contributed by atoms with Crippen LogP contribution in [0.4, 0.5) is 20.2 Å². The highest BCUT2D eigenvalue weighted by molar-refractivity contribution is 6.09. The molecule has 0 spiro atoms. The van der Waals surface area contributed by atoms with Crippen LogP contribution in [-0.4, -0.2) is 33.8 Å². The average molecular weight is 583 g/mol. The summed E-state index contributed by atoms with van der Waals surface area (Å²) < 4.78 is 33.0. The zero-order chi connectivity index (χ0) is 30.0. The number of amides is 1. The lowest BCUT2D eigenvalue weighted by atomic mass is 9.88. The number of aromatic nitrogens is 3. The van der Waals surface area contributed by atoms with E-state index in [2.05, 4.69) is 45.9 Å². The normalized spacial score (nSPS) is 17.8. The van der Waals surface area contributed by atoms with E-state index in [1.54, 1.807) is 37.2 Å². The number of unbranched alkanes of at least 4 members (excludes halogenated alkanes) is 2. The Labute approximate surface area is 251 Å². The van der Waals surface area contributed by atoms with Crippen LogP contribution in [-0.2, 0) is 20.0 Å². The second kappa shape index (κ2) is 10.6. The highest BCUT2D eigenvalue weighted by Crippen LogP contribution is 2.57. The number of fused-ring (bicyclic) bond motifs is 2. The number of nitrogens with zero attached hydrogens (tertiary/aromatic N) is 4. The van der Waals surface area contributed by atoms with Crippen molar-refractivity contribution in [1.82, 2.24) is 19.7 Å². The molecule has 2 aromatic carbocycles. The van der Waals surface area contributed by atoms with Gasteiger partial charge in [0.05, 0.1) is 17.3 Å². The molecule has 2 aromatic heterocycles. The maximum absolute atomic E-state index is 14.5. The van der Waals surface area contributed by atoms with Gasteiger partial charge < -0.3 is 14.8 Å². The van der Waals surface area contributed by atoms with E-state index in [-0.39, 0.29) is 17.4 Å². The number of anilines is 2. The summed E-state index contributed by atoms with van der Waals surface area (Å²) in [6, 6.07) is 7.96. The molecule has 7 rings (SSSR count). The number of carbonyl (C=O) groups is 1. The summed E-state index contributed by atoms with van der Waals surface area (Å²) in [6.07, 6.45) is 9.28. The van der Waals surface area contributed by atoms with Crippen LogP contribution in [0.2, 0.25) is 0 Å². The molecular weight excluding hydrogens is 544 g/mol. The van der Waals surface area contributed by atoms with Crippen LogP contribution in [0.1, 0.15) is 85.3 Å². The van der Waals surface area contributed by atoms with Crippen LogP contribution in [0.5, 0.6) is 0 Å². The topological polar surface area (TPSA) is 55.1 Å². The van der Waals surface area contributed by atoms with Crippen molar-refractivity contribution in [3.8, 4) is 11.1 Å². The van der Waals surface area contributed by atoms with Gasteiger partial charge in [0.1, 0.15) is 0 Å². The molecule has 4 heterocycles. The first-order valence-corrected chi connectivity index (χ1v) is 15.5. The molecule has 1 N–H and O–H groups in total. The maximum atomic E-state index is 14.5. The largest absolute Gasteiger partial charge is 0.355 e. The van der Waals surface area contributed by atoms with Crippen LogP contribution >= 0.6 is 0 Å².